The van der Waals surface area contributed by atoms with Crippen LogP contribution in [0.15, 0.2) is 34.9 Å². The largest absolute Gasteiger partial charge is 0.383 e. The van der Waals surface area contributed by atoms with Gasteiger partial charge < -0.3 is 11.5 Å². The summed E-state index contributed by atoms with van der Waals surface area (Å²) in [5.74, 6) is -0.0238. The minimum Gasteiger partial charge on any atom is -0.383 e. The van der Waals surface area contributed by atoms with E-state index in [-0.39, 0.29) is 5.82 Å². The predicted octanol–water partition coefficient (Wildman–Crippen LogP) is 2.92. The second kappa shape index (κ2) is 5.04. The Bertz CT molecular complexity index is 566. The van der Waals surface area contributed by atoms with Crippen molar-refractivity contribution in [2.45, 2.75) is 13.0 Å². The average Bonchev–Trinajstić information content (AvgIpc) is 2.28. The first kappa shape index (κ1) is 13.0. The average molecular weight is 310 g/mol. The number of aryl methyl sites for hydroxylation is 1. The van der Waals surface area contributed by atoms with E-state index in [1.54, 1.807) is 18.3 Å². The van der Waals surface area contributed by atoms with Gasteiger partial charge in [0.25, 0.3) is 0 Å². The van der Waals surface area contributed by atoms with Gasteiger partial charge in [0.2, 0.25) is 0 Å². The SMILES string of the molecule is Cc1ccnc(N)c1C(N)c1ccc(Br)cc1F. The van der Waals surface area contributed by atoms with E-state index >= 15 is 0 Å². The molecule has 1 aromatic carbocycles. The van der Waals surface area contributed by atoms with E-state index in [1.165, 1.54) is 6.07 Å². The fourth-order valence-corrected chi connectivity index (χ4v) is 2.24. The molecule has 1 atom stereocenters. The van der Waals surface area contributed by atoms with Gasteiger partial charge in [-0.3, -0.25) is 0 Å². The van der Waals surface area contributed by atoms with Gasteiger partial charge in [-0.1, -0.05) is 22.0 Å². The third-order valence-corrected chi connectivity index (χ3v) is 3.34. The molecule has 94 valence electrons. The Balaban J connectivity index is 2.51. The zero-order valence-electron chi connectivity index (χ0n) is 9.82. The number of aromatic nitrogens is 1. The molecular weight excluding hydrogens is 297 g/mol. The molecule has 3 nitrogen and oxygen atoms in total. The number of nitrogens with two attached hydrogens (primary N) is 2. The number of nitrogens with zero attached hydrogens (tertiary/aromatic N) is 1. The zero-order chi connectivity index (χ0) is 13.3. The lowest BCUT2D eigenvalue weighted by molar-refractivity contribution is 0.598. The normalized spacial score (nSPS) is 12.4. The van der Waals surface area contributed by atoms with Crippen LogP contribution in [0.25, 0.3) is 0 Å². The first-order valence-electron chi connectivity index (χ1n) is 5.42. The maximum Gasteiger partial charge on any atom is 0.129 e. The van der Waals surface area contributed by atoms with Crippen molar-refractivity contribution in [3.8, 4) is 0 Å². The summed E-state index contributed by atoms with van der Waals surface area (Å²) in [4.78, 5) is 4.00. The summed E-state index contributed by atoms with van der Waals surface area (Å²) in [5.41, 5.74) is 13.9. The van der Waals surface area contributed by atoms with Crippen molar-refractivity contribution in [3.63, 3.8) is 0 Å². The van der Waals surface area contributed by atoms with Crippen molar-refractivity contribution in [2.75, 3.05) is 5.73 Å². The molecule has 1 heterocycles. The number of benzene rings is 1. The summed E-state index contributed by atoms with van der Waals surface area (Å²) >= 11 is 3.21. The molecule has 1 aromatic heterocycles. The molecule has 0 spiro atoms. The molecule has 0 saturated carbocycles. The van der Waals surface area contributed by atoms with E-state index in [4.69, 9.17) is 11.5 Å². The maximum absolute atomic E-state index is 13.9. The lowest BCUT2D eigenvalue weighted by Gasteiger charge is -2.17. The smallest absolute Gasteiger partial charge is 0.129 e. The number of rotatable bonds is 2. The highest BCUT2D eigenvalue weighted by molar-refractivity contribution is 9.10. The van der Waals surface area contributed by atoms with Crippen LogP contribution >= 0.6 is 15.9 Å². The fourth-order valence-electron chi connectivity index (χ4n) is 1.90. The van der Waals surface area contributed by atoms with Crippen LogP contribution in [0.2, 0.25) is 0 Å². The van der Waals surface area contributed by atoms with E-state index in [0.29, 0.717) is 21.4 Å². The van der Waals surface area contributed by atoms with E-state index in [1.807, 2.05) is 13.0 Å². The topological polar surface area (TPSA) is 64.9 Å². The van der Waals surface area contributed by atoms with Gasteiger partial charge in [0.15, 0.2) is 0 Å². The van der Waals surface area contributed by atoms with Crippen LogP contribution in [0.4, 0.5) is 10.2 Å². The Morgan fingerprint density at radius 3 is 2.67 bits per heavy atom. The van der Waals surface area contributed by atoms with E-state index in [9.17, 15) is 4.39 Å². The van der Waals surface area contributed by atoms with Crippen molar-refractivity contribution in [3.05, 3.63) is 57.4 Å². The Labute approximate surface area is 113 Å². The van der Waals surface area contributed by atoms with Crippen LogP contribution in [0.1, 0.15) is 22.7 Å². The number of pyridine rings is 1. The van der Waals surface area contributed by atoms with Gasteiger partial charge in [-0.15, -0.1) is 0 Å². The molecular formula is C13H13BrFN3. The third kappa shape index (κ3) is 2.37. The van der Waals surface area contributed by atoms with Crippen LogP contribution < -0.4 is 11.5 Å². The summed E-state index contributed by atoms with van der Waals surface area (Å²) in [6, 6.07) is 5.97. The van der Waals surface area contributed by atoms with Crippen LogP contribution in [0, 0.1) is 12.7 Å². The summed E-state index contributed by atoms with van der Waals surface area (Å²) < 4.78 is 14.6. The van der Waals surface area contributed by atoms with Crippen molar-refractivity contribution < 1.29 is 4.39 Å². The Morgan fingerprint density at radius 1 is 1.33 bits per heavy atom. The summed E-state index contributed by atoms with van der Waals surface area (Å²) in [7, 11) is 0. The first-order chi connectivity index (χ1) is 8.50. The van der Waals surface area contributed by atoms with Crippen molar-refractivity contribution >= 4 is 21.7 Å². The second-order valence-corrected chi connectivity index (χ2v) is 4.99. The van der Waals surface area contributed by atoms with Gasteiger partial charge in [0.1, 0.15) is 11.6 Å². The minimum absolute atomic E-state index is 0.338. The molecule has 4 N–H and O–H groups in total. The number of halogens is 2. The molecule has 0 saturated heterocycles. The van der Waals surface area contributed by atoms with Crippen LogP contribution in [-0.4, -0.2) is 4.98 Å². The van der Waals surface area contributed by atoms with Gasteiger partial charge in [-0.05, 0) is 30.7 Å². The molecule has 0 aliphatic carbocycles. The highest BCUT2D eigenvalue weighted by Crippen LogP contribution is 2.29. The van der Waals surface area contributed by atoms with E-state index in [2.05, 4.69) is 20.9 Å². The van der Waals surface area contributed by atoms with E-state index in [0.717, 1.165) is 5.56 Å². The molecule has 5 heteroatoms. The van der Waals surface area contributed by atoms with Gasteiger partial charge in [0.05, 0.1) is 6.04 Å². The summed E-state index contributed by atoms with van der Waals surface area (Å²) in [5, 5.41) is 0. The van der Waals surface area contributed by atoms with Gasteiger partial charge in [-0.2, -0.15) is 0 Å². The second-order valence-electron chi connectivity index (χ2n) is 4.07. The third-order valence-electron chi connectivity index (χ3n) is 2.85. The zero-order valence-corrected chi connectivity index (χ0v) is 11.4. The van der Waals surface area contributed by atoms with Gasteiger partial charge in [0, 0.05) is 21.8 Å². The quantitative estimate of drug-likeness (QED) is 0.896. The molecule has 0 radical (unpaired) electrons. The Hall–Kier alpha value is -1.46. The van der Waals surface area contributed by atoms with Crippen molar-refractivity contribution in [1.29, 1.82) is 0 Å². The Morgan fingerprint density at radius 2 is 2.06 bits per heavy atom. The molecule has 2 aromatic rings. The number of nitrogen functional groups attached to an aromatic ring is 1. The lowest BCUT2D eigenvalue weighted by Crippen LogP contribution is -2.17. The maximum atomic E-state index is 13.9. The van der Waals surface area contributed by atoms with Crippen molar-refractivity contribution in [1.82, 2.24) is 4.98 Å². The van der Waals surface area contributed by atoms with Gasteiger partial charge in [-0.25, -0.2) is 9.37 Å². The first-order valence-corrected chi connectivity index (χ1v) is 6.21. The standard InChI is InChI=1S/C13H13BrFN3/c1-7-4-5-18-13(17)11(7)12(16)9-3-2-8(14)6-10(9)15/h2-6,12H,16H2,1H3,(H2,17,18). The molecule has 0 fully saturated rings. The highest BCUT2D eigenvalue weighted by Gasteiger charge is 2.18. The monoisotopic (exact) mass is 309 g/mol. The lowest BCUT2D eigenvalue weighted by atomic mass is 9.96. The number of anilines is 1. The van der Waals surface area contributed by atoms with Crippen LogP contribution in [-0.2, 0) is 0 Å². The number of hydrogen-bond acceptors (Lipinski definition) is 3. The molecule has 0 aliphatic rings. The molecule has 0 amide bonds. The molecule has 2 rings (SSSR count). The minimum atomic E-state index is -0.619. The molecule has 0 aliphatic heterocycles. The van der Waals surface area contributed by atoms with Crippen LogP contribution in [0.3, 0.4) is 0 Å². The van der Waals surface area contributed by atoms with Crippen LogP contribution in [0.5, 0.6) is 0 Å². The Kier molecular flexibility index (Phi) is 3.63. The predicted molar refractivity (Wildman–Crippen MR) is 73.5 cm³/mol. The fraction of sp³-hybridized carbons (Fsp3) is 0.154. The van der Waals surface area contributed by atoms with E-state index < -0.39 is 6.04 Å². The van der Waals surface area contributed by atoms with Crippen molar-refractivity contribution in [2.24, 2.45) is 5.73 Å². The molecule has 1 unspecified atom stereocenters. The number of hydrogen-bond donors (Lipinski definition) is 2. The summed E-state index contributed by atoms with van der Waals surface area (Å²) in [6.45, 7) is 1.88. The summed E-state index contributed by atoms with van der Waals surface area (Å²) in [6.07, 6.45) is 1.61. The molecule has 0 bridgehead atoms. The molecule has 18 heavy (non-hydrogen) atoms. The highest BCUT2D eigenvalue weighted by atomic mass is 79.9. The van der Waals surface area contributed by atoms with Gasteiger partial charge >= 0.3 is 0 Å².